The molecule has 1 aliphatic heterocycles. The minimum Gasteiger partial charge on any atom is -0.465 e. The highest BCUT2D eigenvalue weighted by atomic mass is 16.6. The largest absolute Gasteiger partial charge is 0.465 e. The van der Waals surface area contributed by atoms with Crippen LogP contribution >= 0.6 is 0 Å². The molecule has 1 aliphatic rings. The second kappa shape index (κ2) is 13.6. The molecular formula is C21H38N2O5. The Labute approximate surface area is 169 Å². The van der Waals surface area contributed by atoms with Crippen LogP contribution < -0.4 is 10.8 Å². The molecule has 0 radical (unpaired) electrons. The normalized spacial score (nSPS) is 20.3. The lowest BCUT2D eigenvalue weighted by Gasteiger charge is -2.30. The number of hydroxylamine groups is 1. The number of rotatable bonds is 13. The van der Waals surface area contributed by atoms with Gasteiger partial charge in [0.15, 0.2) is 5.92 Å². The van der Waals surface area contributed by atoms with Gasteiger partial charge in [0, 0.05) is 12.6 Å². The molecule has 0 aromatic carbocycles. The van der Waals surface area contributed by atoms with E-state index >= 15 is 0 Å². The maximum atomic E-state index is 12.1. The predicted molar refractivity (Wildman–Crippen MR) is 108 cm³/mol. The van der Waals surface area contributed by atoms with Gasteiger partial charge in [-0.05, 0) is 65.0 Å². The molecule has 162 valence electrons. The number of ether oxygens (including phenoxy) is 2. The monoisotopic (exact) mass is 398 g/mol. The Balaban J connectivity index is 2.65. The third-order valence-electron chi connectivity index (χ3n) is 4.99. The van der Waals surface area contributed by atoms with Gasteiger partial charge in [-0.15, -0.1) is 0 Å². The van der Waals surface area contributed by atoms with Crippen LogP contribution in [0.25, 0.3) is 0 Å². The topological polar surface area (TPSA) is 85.9 Å². The van der Waals surface area contributed by atoms with Crippen molar-refractivity contribution in [2.75, 3.05) is 26.3 Å². The van der Waals surface area contributed by atoms with Gasteiger partial charge in [0.2, 0.25) is 0 Å². The number of hydrogen-bond donors (Lipinski definition) is 2. The van der Waals surface area contributed by atoms with Crippen LogP contribution in [0.2, 0.25) is 0 Å². The molecule has 0 aromatic rings. The Morgan fingerprint density at radius 2 is 1.82 bits per heavy atom. The number of nitrogens with one attached hydrogen (secondary N) is 2. The van der Waals surface area contributed by atoms with Crippen LogP contribution in [0.4, 0.5) is 0 Å². The average Bonchev–Trinajstić information content (AvgIpc) is 2.66. The summed E-state index contributed by atoms with van der Waals surface area (Å²) in [5.74, 6) is -0.240. The second-order valence-electron chi connectivity index (χ2n) is 7.41. The van der Waals surface area contributed by atoms with Crippen LogP contribution in [0.5, 0.6) is 0 Å². The summed E-state index contributed by atoms with van der Waals surface area (Å²) >= 11 is 0. The van der Waals surface area contributed by atoms with Crippen molar-refractivity contribution in [1.82, 2.24) is 10.8 Å². The molecule has 3 atom stereocenters. The Kier molecular flexibility index (Phi) is 11.8. The number of esters is 2. The first kappa shape index (κ1) is 24.4. The van der Waals surface area contributed by atoms with Crippen LogP contribution in [0.15, 0.2) is 11.8 Å². The smallest absolute Gasteiger partial charge is 0.321 e. The summed E-state index contributed by atoms with van der Waals surface area (Å²) < 4.78 is 10.1. The van der Waals surface area contributed by atoms with Gasteiger partial charge in [-0.2, -0.15) is 5.48 Å². The molecule has 1 rings (SSSR count). The van der Waals surface area contributed by atoms with Crippen molar-refractivity contribution >= 4 is 11.9 Å². The molecule has 0 saturated heterocycles. The summed E-state index contributed by atoms with van der Waals surface area (Å²) in [5, 5.41) is 3.31. The Morgan fingerprint density at radius 1 is 1.18 bits per heavy atom. The van der Waals surface area contributed by atoms with E-state index in [4.69, 9.17) is 14.3 Å². The molecular weight excluding hydrogens is 360 g/mol. The third-order valence-corrected chi connectivity index (χ3v) is 4.99. The van der Waals surface area contributed by atoms with Crippen molar-refractivity contribution in [2.45, 2.75) is 66.3 Å². The molecule has 0 bridgehead atoms. The lowest BCUT2D eigenvalue weighted by molar-refractivity contribution is -0.161. The highest BCUT2D eigenvalue weighted by molar-refractivity contribution is 5.95. The van der Waals surface area contributed by atoms with Gasteiger partial charge in [-0.3, -0.25) is 9.59 Å². The number of hydrogen-bond acceptors (Lipinski definition) is 7. The minimum atomic E-state index is -0.919. The minimum absolute atomic E-state index is 0.233. The van der Waals surface area contributed by atoms with Gasteiger partial charge in [-0.1, -0.05) is 19.8 Å². The molecule has 0 spiro atoms. The molecule has 28 heavy (non-hydrogen) atoms. The van der Waals surface area contributed by atoms with Gasteiger partial charge in [0.25, 0.3) is 0 Å². The fourth-order valence-corrected chi connectivity index (χ4v) is 3.39. The molecule has 0 fully saturated rings. The van der Waals surface area contributed by atoms with Gasteiger partial charge < -0.3 is 19.6 Å². The fraction of sp³-hybridized carbons (Fsp3) is 0.810. The first-order valence-electron chi connectivity index (χ1n) is 10.6. The van der Waals surface area contributed by atoms with Crippen molar-refractivity contribution in [3.05, 3.63) is 11.8 Å². The molecule has 1 unspecified atom stereocenters. The highest BCUT2D eigenvalue weighted by Crippen LogP contribution is 2.25. The van der Waals surface area contributed by atoms with Crippen molar-refractivity contribution in [3.8, 4) is 0 Å². The molecule has 7 heteroatoms. The first-order valence-corrected chi connectivity index (χ1v) is 10.6. The van der Waals surface area contributed by atoms with Crippen LogP contribution in [0.3, 0.4) is 0 Å². The molecule has 0 aliphatic carbocycles. The van der Waals surface area contributed by atoms with E-state index in [1.807, 2.05) is 6.92 Å². The van der Waals surface area contributed by atoms with Crippen molar-refractivity contribution in [1.29, 1.82) is 0 Å². The van der Waals surface area contributed by atoms with Gasteiger partial charge in [0.05, 0.1) is 13.2 Å². The van der Waals surface area contributed by atoms with Crippen LogP contribution in [0, 0.1) is 17.8 Å². The molecule has 2 N–H and O–H groups in total. The van der Waals surface area contributed by atoms with E-state index < -0.39 is 17.9 Å². The Hall–Kier alpha value is -1.60. The highest BCUT2D eigenvalue weighted by Gasteiger charge is 2.30. The zero-order valence-corrected chi connectivity index (χ0v) is 18.1. The zero-order chi connectivity index (χ0) is 20.9. The molecule has 1 heterocycles. The summed E-state index contributed by atoms with van der Waals surface area (Å²) in [4.78, 5) is 29.6. The lowest BCUT2D eigenvalue weighted by Crippen LogP contribution is -2.40. The van der Waals surface area contributed by atoms with Crippen molar-refractivity contribution in [3.63, 3.8) is 0 Å². The lowest BCUT2D eigenvalue weighted by atomic mass is 9.86. The van der Waals surface area contributed by atoms with E-state index in [0.717, 1.165) is 38.0 Å². The number of unbranched alkanes of at least 4 members (excludes halogenated alkanes) is 1. The first-order chi connectivity index (χ1) is 13.4. The maximum absolute atomic E-state index is 12.1. The number of carbonyl (C=O) groups is 2. The third kappa shape index (κ3) is 8.61. The summed E-state index contributed by atoms with van der Waals surface area (Å²) in [6.07, 6.45) is 6.59. The zero-order valence-electron chi connectivity index (χ0n) is 18.1. The van der Waals surface area contributed by atoms with Gasteiger partial charge >= 0.3 is 11.9 Å². The van der Waals surface area contributed by atoms with Gasteiger partial charge in [-0.25, -0.2) is 0 Å². The second-order valence-corrected chi connectivity index (χ2v) is 7.41. The standard InChI is InChI=1S/C21H38N2O5/c1-6-9-10-17(12-18-11-15(4)28-23-16(18)5)13-22-14-19(20(24)26-7-2)21(25)27-8-3/h11,16-19,22-23H,6-10,12-14H2,1-5H3/t16-,17+,18?/m1/s1. The van der Waals surface area contributed by atoms with E-state index in [1.165, 1.54) is 0 Å². The predicted octanol–water partition coefficient (Wildman–Crippen LogP) is 2.96. The van der Waals surface area contributed by atoms with E-state index in [-0.39, 0.29) is 25.8 Å². The van der Waals surface area contributed by atoms with Crippen LogP contribution in [0.1, 0.15) is 60.3 Å². The quantitative estimate of drug-likeness (QED) is 0.364. The molecule has 0 amide bonds. The molecule has 0 aromatic heterocycles. The number of carbonyl (C=O) groups excluding carboxylic acids is 2. The van der Waals surface area contributed by atoms with E-state index in [1.54, 1.807) is 13.8 Å². The van der Waals surface area contributed by atoms with E-state index in [2.05, 4.69) is 30.7 Å². The van der Waals surface area contributed by atoms with Crippen molar-refractivity contribution < 1.29 is 23.9 Å². The molecule has 0 saturated carbocycles. The van der Waals surface area contributed by atoms with Crippen molar-refractivity contribution in [2.24, 2.45) is 17.8 Å². The number of allylic oxidation sites excluding steroid dienone is 1. The van der Waals surface area contributed by atoms with Crippen LogP contribution in [-0.4, -0.2) is 44.3 Å². The Morgan fingerprint density at radius 3 is 2.39 bits per heavy atom. The fourth-order valence-electron chi connectivity index (χ4n) is 3.39. The van der Waals surface area contributed by atoms with E-state index in [9.17, 15) is 9.59 Å². The average molecular weight is 399 g/mol. The Bertz CT molecular complexity index is 491. The van der Waals surface area contributed by atoms with Gasteiger partial charge in [0.1, 0.15) is 5.76 Å². The molecule has 7 nitrogen and oxygen atoms in total. The summed E-state index contributed by atoms with van der Waals surface area (Å²) in [7, 11) is 0. The summed E-state index contributed by atoms with van der Waals surface area (Å²) in [5.41, 5.74) is 3.06. The summed E-state index contributed by atoms with van der Waals surface area (Å²) in [6.45, 7) is 11.2. The maximum Gasteiger partial charge on any atom is 0.321 e. The van der Waals surface area contributed by atoms with E-state index in [0.29, 0.717) is 11.8 Å². The SMILES string of the molecule is CCCC[C@H](CNCC(C(=O)OCC)C(=O)OCC)CC1C=C(C)ON[C@@H]1C. The summed E-state index contributed by atoms with van der Waals surface area (Å²) in [6, 6.07) is 0.250. The van der Waals surface area contributed by atoms with Crippen LogP contribution in [-0.2, 0) is 23.9 Å².